The fourth-order valence-corrected chi connectivity index (χ4v) is 3.11. The Kier molecular flexibility index (Phi) is 3.46. The van der Waals surface area contributed by atoms with Crippen LogP contribution in [0.2, 0.25) is 0 Å². The molecule has 2 saturated heterocycles. The zero-order valence-corrected chi connectivity index (χ0v) is 10.7. The summed E-state index contributed by atoms with van der Waals surface area (Å²) < 4.78 is 10.8. The number of carboxylic acid groups (broad SMARTS) is 1. The minimum absolute atomic E-state index is 0.0751. The van der Waals surface area contributed by atoms with E-state index >= 15 is 0 Å². The van der Waals surface area contributed by atoms with Gasteiger partial charge in [0.05, 0.1) is 18.6 Å². The molecule has 0 aliphatic carbocycles. The van der Waals surface area contributed by atoms with E-state index in [4.69, 9.17) is 9.47 Å². The lowest BCUT2D eigenvalue weighted by Crippen LogP contribution is -2.53. The molecule has 0 aromatic heterocycles. The second-order valence-corrected chi connectivity index (χ2v) is 6.11. The largest absolute Gasteiger partial charge is 0.481 e. The fraction of sp³-hybridized carbons (Fsp3) is 0.923. The van der Waals surface area contributed by atoms with Crippen molar-refractivity contribution in [3.05, 3.63) is 0 Å². The van der Waals surface area contributed by atoms with E-state index in [2.05, 4.69) is 0 Å². The Hall–Kier alpha value is -0.610. The number of hydrogen-bond donors (Lipinski definition) is 1. The first kappa shape index (κ1) is 12.8. The third-order valence-electron chi connectivity index (χ3n) is 4.24. The molecule has 2 aliphatic heterocycles. The molecular weight excluding hydrogens is 220 g/mol. The molecule has 0 radical (unpaired) electrons. The van der Waals surface area contributed by atoms with E-state index in [1.165, 1.54) is 0 Å². The maximum Gasteiger partial charge on any atom is 0.309 e. The summed E-state index contributed by atoms with van der Waals surface area (Å²) in [6, 6.07) is 0. The van der Waals surface area contributed by atoms with Crippen LogP contribution in [0.1, 0.15) is 33.1 Å². The number of aliphatic carboxylic acids is 1. The van der Waals surface area contributed by atoms with Crippen molar-refractivity contribution in [3.63, 3.8) is 0 Å². The van der Waals surface area contributed by atoms with Gasteiger partial charge in [0, 0.05) is 18.6 Å². The van der Waals surface area contributed by atoms with E-state index in [9.17, 15) is 9.90 Å². The zero-order valence-electron chi connectivity index (χ0n) is 10.7. The maximum absolute atomic E-state index is 11.3. The SMILES string of the molecule is CC(C)(CC1(C2CCOCC2)COC1)C(=O)O. The lowest BCUT2D eigenvalue weighted by atomic mass is 9.62. The highest BCUT2D eigenvalue weighted by Crippen LogP contribution is 2.48. The average Bonchev–Trinajstić information content (AvgIpc) is 2.24. The summed E-state index contributed by atoms with van der Waals surface area (Å²) in [6.07, 6.45) is 2.79. The van der Waals surface area contributed by atoms with Crippen LogP contribution in [-0.4, -0.2) is 37.5 Å². The van der Waals surface area contributed by atoms with E-state index < -0.39 is 11.4 Å². The highest BCUT2D eigenvalue weighted by Gasteiger charge is 2.50. The van der Waals surface area contributed by atoms with Crippen molar-refractivity contribution in [2.24, 2.45) is 16.7 Å². The molecule has 4 nitrogen and oxygen atoms in total. The van der Waals surface area contributed by atoms with Crippen molar-refractivity contribution in [1.82, 2.24) is 0 Å². The van der Waals surface area contributed by atoms with E-state index in [-0.39, 0.29) is 5.41 Å². The average molecular weight is 242 g/mol. The zero-order chi connectivity index (χ0) is 12.5. The Bertz CT molecular complexity index is 288. The van der Waals surface area contributed by atoms with Crippen molar-refractivity contribution in [2.45, 2.75) is 33.1 Å². The summed E-state index contributed by atoms with van der Waals surface area (Å²) >= 11 is 0. The Morgan fingerprint density at radius 2 is 1.88 bits per heavy atom. The van der Waals surface area contributed by atoms with Gasteiger partial charge < -0.3 is 14.6 Å². The number of ether oxygens (including phenoxy) is 2. The first-order valence-corrected chi connectivity index (χ1v) is 6.35. The van der Waals surface area contributed by atoms with Gasteiger partial charge in [0.25, 0.3) is 0 Å². The molecule has 2 rings (SSSR count). The lowest BCUT2D eigenvalue weighted by Gasteiger charge is -2.51. The predicted octanol–water partition coefficient (Wildman–Crippen LogP) is 1.93. The highest BCUT2D eigenvalue weighted by molar-refractivity contribution is 5.73. The second-order valence-electron chi connectivity index (χ2n) is 6.11. The number of carboxylic acids is 1. The van der Waals surface area contributed by atoms with Gasteiger partial charge in [-0.15, -0.1) is 0 Å². The molecule has 0 bridgehead atoms. The third-order valence-corrected chi connectivity index (χ3v) is 4.24. The van der Waals surface area contributed by atoms with Crippen LogP contribution in [0, 0.1) is 16.7 Å². The van der Waals surface area contributed by atoms with Gasteiger partial charge in [-0.3, -0.25) is 4.79 Å². The van der Waals surface area contributed by atoms with E-state index in [1.807, 2.05) is 13.8 Å². The van der Waals surface area contributed by atoms with Gasteiger partial charge in [-0.1, -0.05) is 0 Å². The number of rotatable bonds is 4. The molecular formula is C13H22O4. The molecule has 0 atom stereocenters. The standard InChI is InChI=1S/C13H22O4/c1-12(2,11(14)15)7-13(8-17-9-13)10-3-5-16-6-4-10/h10H,3-9H2,1-2H3,(H,14,15). The van der Waals surface area contributed by atoms with Gasteiger partial charge in [-0.2, -0.15) is 0 Å². The topological polar surface area (TPSA) is 55.8 Å². The Labute approximate surface area is 102 Å². The van der Waals surface area contributed by atoms with Crippen molar-refractivity contribution in [3.8, 4) is 0 Å². The Balaban J connectivity index is 2.06. The molecule has 0 saturated carbocycles. The summed E-state index contributed by atoms with van der Waals surface area (Å²) in [6.45, 7) is 6.67. The van der Waals surface area contributed by atoms with Crippen LogP contribution >= 0.6 is 0 Å². The van der Waals surface area contributed by atoms with Crippen LogP contribution in [0.25, 0.3) is 0 Å². The molecule has 2 aliphatic rings. The number of hydrogen-bond acceptors (Lipinski definition) is 3. The first-order valence-electron chi connectivity index (χ1n) is 6.35. The molecule has 17 heavy (non-hydrogen) atoms. The van der Waals surface area contributed by atoms with Crippen LogP contribution in [0.5, 0.6) is 0 Å². The van der Waals surface area contributed by atoms with Gasteiger partial charge in [-0.05, 0) is 39.0 Å². The highest BCUT2D eigenvalue weighted by atomic mass is 16.5. The van der Waals surface area contributed by atoms with E-state index in [0.717, 1.165) is 26.1 Å². The van der Waals surface area contributed by atoms with Crippen molar-refractivity contribution in [1.29, 1.82) is 0 Å². The molecule has 4 heteroatoms. The molecule has 2 heterocycles. The molecule has 0 unspecified atom stereocenters. The first-order chi connectivity index (χ1) is 7.96. The summed E-state index contributed by atoms with van der Waals surface area (Å²) in [5.41, 5.74) is -0.590. The second kappa shape index (κ2) is 4.58. The van der Waals surface area contributed by atoms with Crippen LogP contribution in [0.3, 0.4) is 0 Å². The normalized spacial score (nSPS) is 25.3. The molecule has 1 N–H and O–H groups in total. The summed E-state index contributed by atoms with van der Waals surface area (Å²) in [5.74, 6) is -0.153. The Morgan fingerprint density at radius 3 is 2.29 bits per heavy atom. The third kappa shape index (κ3) is 2.47. The van der Waals surface area contributed by atoms with E-state index in [1.54, 1.807) is 0 Å². The fourth-order valence-electron chi connectivity index (χ4n) is 3.11. The van der Waals surface area contributed by atoms with Gasteiger partial charge in [0.15, 0.2) is 0 Å². The molecule has 2 fully saturated rings. The lowest BCUT2D eigenvalue weighted by molar-refractivity contribution is -0.186. The Morgan fingerprint density at radius 1 is 1.29 bits per heavy atom. The predicted molar refractivity (Wildman–Crippen MR) is 62.8 cm³/mol. The van der Waals surface area contributed by atoms with Crippen molar-refractivity contribution >= 4 is 5.97 Å². The molecule has 0 spiro atoms. The van der Waals surface area contributed by atoms with Gasteiger partial charge in [0.2, 0.25) is 0 Å². The maximum atomic E-state index is 11.3. The minimum atomic E-state index is -0.712. The van der Waals surface area contributed by atoms with Gasteiger partial charge in [0.1, 0.15) is 0 Å². The molecule has 0 aromatic carbocycles. The quantitative estimate of drug-likeness (QED) is 0.818. The number of carbonyl (C=O) groups is 1. The van der Waals surface area contributed by atoms with E-state index in [0.29, 0.717) is 25.6 Å². The molecule has 0 amide bonds. The summed E-state index contributed by atoms with van der Waals surface area (Å²) in [5, 5.41) is 9.26. The van der Waals surface area contributed by atoms with Crippen molar-refractivity contribution in [2.75, 3.05) is 26.4 Å². The monoisotopic (exact) mass is 242 g/mol. The van der Waals surface area contributed by atoms with Crippen LogP contribution in [0.4, 0.5) is 0 Å². The van der Waals surface area contributed by atoms with Crippen LogP contribution in [0.15, 0.2) is 0 Å². The van der Waals surface area contributed by atoms with Crippen molar-refractivity contribution < 1.29 is 19.4 Å². The van der Waals surface area contributed by atoms with Gasteiger partial charge in [-0.25, -0.2) is 0 Å². The van der Waals surface area contributed by atoms with Crippen LogP contribution in [-0.2, 0) is 14.3 Å². The molecule has 0 aromatic rings. The van der Waals surface area contributed by atoms with Gasteiger partial charge >= 0.3 is 5.97 Å². The van der Waals surface area contributed by atoms with Crippen LogP contribution < -0.4 is 0 Å². The summed E-state index contributed by atoms with van der Waals surface area (Å²) in [4.78, 5) is 11.3. The smallest absolute Gasteiger partial charge is 0.309 e. The molecule has 98 valence electrons. The summed E-state index contributed by atoms with van der Waals surface area (Å²) in [7, 11) is 0. The minimum Gasteiger partial charge on any atom is -0.481 e.